The van der Waals surface area contributed by atoms with Crippen LogP contribution in [0.2, 0.25) is 0 Å². The molecule has 2 aromatic carbocycles. The molecular formula is C21H18N2O6. The van der Waals surface area contributed by atoms with Gasteiger partial charge >= 0.3 is 5.97 Å². The second-order valence-corrected chi connectivity index (χ2v) is 6.96. The van der Waals surface area contributed by atoms with Crippen LogP contribution in [0.5, 0.6) is 0 Å². The van der Waals surface area contributed by atoms with Crippen molar-refractivity contribution in [1.82, 2.24) is 4.90 Å². The molecule has 1 saturated heterocycles. The van der Waals surface area contributed by atoms with Gasteiger partial charge in [0.1, 0.15) is 0 Å². The van der Waals surface area contributed by atoms with E-state index in [9.17, 15) is 19.2 Å². The van der Waals surface area contributed by atoms with E-state index in [2.05, 4.69) is 5.32 Å². The fourth-order valence-corrected chi connectivity index (χ4v) is 3.52. The van der Waals surface area contributed by atoms with Crippen LogP contribution >= 0.6 is 0 Å². The number of carboxylic acids is 1. The van der Waals surface area contributed by atoms with Crippen LogP contribution in [-0.4, -0.2) is 53.0 Å². The van der Waals surface area contributed by atoms with Crippen LogP contribution in [0.3, 0.4) is 0 Å². The molecule has 2 aliphatic heterocycles. The van der Waals surface area contributed by atoms with E-state index in [-0.39, 0.29) is 35.2 Å². The van der Waals surface area contributed by atoms with Crippen molar-refractivity contribution < 1.29 is 29.0 Å². The Morgan fingerprint density at radius 3 is 2.55 bits per heavy atom. The Hall–Kier alpha value is -3.52. The molecule has 1 fully saturated rings. The number of carbonyl (C=O) groups is 4. The fourth-order valence-electron chi connectivity index (χ4n) is 3.52. The SMILES string of the molecule is O=C(O)c1cccc(C(=O)Nc2ccc3c(c2)C(=O)N(C[C@H]2CCCO2)C3=O)c1. The molecule has 2 N–H and O–H groups in total. The number of nitrogens with one attached hydrogen (secondary N) is 1. The van der Waals surface area contributed by atoms with Crippen molar-refractivity contribution in [2.45, 2.75) is 18.9 Å². The molecule has 2 heterocycles. The number of fused-ring (bicyclic) bond motifs is 1. The number of anilines is 1. The highest BCUT2D eigenvalue weighted by atomic mass is 16.5. The number of nitrogens with zero attached hydrogens (tertiary/aromatic N) is 1. The van der Waals surface area contributed by atoms with E-state index in [1.54, 1.807) is 6.07 Å². The first-order valence-electron chi connectivity index (χ1n) is 9.20. The summed E-state index contributed by atoms with van der Waals surface area (Å²) in [7, 11) is 0. The number of carboxylic acid groups (broad SMARTS) is 1. The summed E-state index contributed by atoms with van der Waals surface area (Å²) >= 11 is 0. The molecule has 2 aliphatic rings. The lowest BCUT2D eigenvalue weighted by atomic mass is 10.1. The quantitative estimate of drug-likeness (QED) is 0.753. The first-order valence-corrected chi connectivity index (χ1v) is 9.20. The summed E-state index contributed by atoms with van der Waals surface area (Å²) in [6, 6.07) is 10.1. The third-order valence-electron chi connectivity index (χ3n) is 5.01. The van der Waals surface area contributed by atoms with Gasteiger partial charge < -0.3 is 15.2 Å². The Balaban J connectivity index is 1.52. The number of hydrogen-bond donors (Lipinski definition) is 2. The van der Waals surface area contributed by atoms with Crippen molar-refractivity contribution >= 4 is 29.4 Å². The van der Waals surface area contributed by atoms with E-state index < -0.39 is 17.8 Å². The molecule has 0 unspecified atom stereocenters. The van der Waals surface area contributed by atoms with Crippen molar-refractivity contribution in [2.75, 3.05) is 18.5 Å². The highest BCUT2D eigenvalue weighted by Gasteiger charge is 2.37. The van der Waals surface area contributed by atoms with Gasteiger partial charge in [0.05, 0.1) is 29.3 Å². The summed E-state index contributed by atoms with van der Waals surface area (Å²) in [6.07, 6.45) is 1.58. The lowest BCUT2D eigenvalue weighted by Crippen LogP contribution is -2.36. The summed E-state index contributed by atoms with van der Waals surface area (Å²) in [5.74, 6) is -2.43. The molecule has 0 saturated carbocycles. The lowest BCUT2D eigenvalue weighted by Gasteiger charge is -2.17. The van der Waals surface area contributed by atoms with E-state index >= 15 is 0 Å². The van der Waals surface area contributed by atoms with Gasteiger partial charge in [-0.15, -0.1) is 0 Å². The fraction of sp³-hybridized carbons (Fsp3) is 0.238. The molecule has 3 amide bonds. The first-order chi connectivity index (χ1) is 13.9. The van der Waals surface area contributed by atoms with Crippen LogP contribution in [0.15, 0.2) is 42.5 Å². The Bertz CT molecular complexity index is 1030. The predicted molar refractivity (Wildman–Crippen MR) is 102 cm³/mol. The topological polar surface area (TPSA) is 113 Å². The minimum atomic E-state index is -1.13. The van der Waals surface area contributed by atoms with Gasteiger partial charge in [-0.05, 0) is 49.2 Å². The lowest BCUT2D eigenvalue weighted by molar-refractivity contribution is 0.0475. The van der Waals surface area contributed by atoms with Gasteiger partial charge in [0.2, 0.25) is 0 Å². The van der Waals surface area contributed by atoms with Gasteiger partial charge in [-0.2, -0.15) is 0 Å². The molecule has 0 bridgehead atoms. The molecule has 0 aromatic heterocycles. The zero-order valence-electron chi connectivity index (χ0n) is 15.4. The second kappa shape index (κ2) is 7.48. The molecule has 148 valence electrons. The van der Waals surface area contributed by atoms with Crippen molar-refractivity contribution in [3.63, 3.8) is 0 Å². The van der Waals surface area contributed by atoms with Gasteiger partial charge in [-0.25, -0.2) is 4.79 Å². The van der Waals surface area contributed by atoms with Gasteiger partial charge in [0.15, 0.2) is 0 Å². The van der Waals surface area contributed by atoms with Gasteiger partial charge in [0.25, 0.3) is 17.7 Å². The number of rotatable bonds is 5. The molecule has 0 radical (unpaired) electrons. The van der Waals surface area contributed by atoms with Crippen molar-refractivity contribution in [2.24, 2.45) is 0 Å². The standard InChI is InChI=1S/C21H18N2O6/c24-18(12-3-1-4-13(9-12)21(27)28)22-14-6-7-16-17(10-14)20(26)23(19(16)25)11-15-5-2-8-29-15/h1,3-4,6-7,9-10,15H,2,5,8,11H2,(H,22,24)(H,27,28)/t15-/m1/s1. The van der Waals surface area contributed by atoms with E-state index in [0.29, 0.717) is 17.9 Å². The largest absolute Gasteiger partial charge is 0.478 e. The Kier molecular flexibility index (Phi) is 4.85. The van der Waals surface area contributed by atoms with Gasteiger partial charge in [0, 0.05) is 17.9 Å². The van der Waals surface area contributed by atoms with Crippen molar-refractivity contribution in [3.8, 4) is 0 Å². The number of aromatic carboxylic acids is 1. The summed E-state index contributed by atoms with van der Waals surface area (Å²) in [4.78, 5) is 50.0. The predicted octanol–water partition coefficient (Wildman–Crippen LogP) is 2.41. The number of ether oxygens (including phenoxy) is 1. The zero-order chi connectivity index (χ0) is 20.5. The molecule has 8 heteroatoms. The van der Waals surface area contributed by atoms with Crippen LogP contribution in [-0.2, 0) is 4.74 Å². The van der Waals surface area contributed by atoms with Gasteiger partial charge in [-0.1, -0.05) is 6.07 Å². The molecule has 0 spiro atoms. The third-order valence-corrected chi connectivity index (χ3v) is 5.01. The van der Waals surface area contributed by atoms with E-state index in [0.717, 1.165) is 12.8 Å². The summed E-state index contributed by atoms with van der Waals surface area (Å²) in [6.45, 7) is 0.850. The second-order valence-electron chi connectivity index (χ2n) is 6.96. The molecule has 29 heavy (non-hydrogen) atoms. The highest BCUT2D eigenvalue weighted by molar-refractivity contribution is 6.22. The summed E-state index contributed by atoms with van der Waals surface area (Å²) < 4.78 is 5.52. The van der Waals surface area contributed by atoms with Crippen molar-refractivity contribution in [3.05, 3.63) is 64.7 Å². The normalized spacial score (nSPS) is 18.1. The van der Waals surface area contributed by atoms with Gasteiger partial charge in [-0.3, -0.25) is 19.3 Å². The highest BCUT2D eigenvalue weighted by Crippen LogP contribution is 2.27. The van der Waals surface area contributed by atoms with Crippen LogP contribution in [0.4, 0.5) is 5.69 Å². The molecule has 4 rings (SSSR count). The van der Waals surface area contributed by atoms with E-state index in [1.165, 1.54) is 41.3 Å². The zero-order valence-corrected chi connectivity index (χ0v) is 15.4. The van der Waals surface area contributed by atoms with Crippen LogP contribution in [0.1, 0.15) is 54.3 Å². The van der Waals surface area contributed by atoms with Crippen LogP contribution in [0.25, 0.3) is 0 Å². The Labute approximate surface area is 166 Å². The minimum Gasteiger partial charge on any atom is -0.478 e. The molecule has 8 nitrogen and oxygen atoms in total. The van der Waals surface area contributed by atoms with Crippen LogP contribution < -0.4 is 5.32 Å². The number of amides is 3. The number of hydrogen-bond acceptors (Lipinski definition) is 5. The number of carbonyl (C=O) groups excluding carboxylic acids is 3. The Morgan fingerprint density at radius 2 is 1.83 bits per heavy atom. The smallest absolute Gasteiger partial charge is 0.335 e. The molecule has 2 aromatic rings. The van der Waals surface area contributed by atoms with Crippen LogP contribution in [0, 0.1) is 0 Å². The van der Waals surface area contributed by atoms with Crippen molar-refractivity contribution in [1.29, 1.82) is 0 Å². The first kappa shape index (κ1) is 18.8. The maximum Gasteiger partial charge on any atom is 0.335 e. The maximum absolute atomic E-state index is 12.7. The molecular weight excluding hydrogens is 376 g/mol. The summed E-state index contributed by atoms with van der Waals surface area (Å²) in [5.41, 5.74) is 1.03. The molecule has 0 aliphatic carbocycles. The number of benzene rings is 2. The van der Waals surface area contributed by atoms with E-state index in [4.69, 9.17) is 9.84 Å². The monoisotopic (exact) mass is 394 g/mol. The average molecular weight is 394 g/mol. The number of imide groups is 1. The average Bonchev–Trinajstić information content (AvgIpc) is 3.31. The summed E-state index contributed by atoms with van der Waals surface area (Å²) in [5, 5.41) is 11.7. The molecule has 1 atom stereocenters. The third kappa shape index (κ3) is 3.62. The maximum atomic E-state index is 12.7. The Morgan fingerprint density at radius 1 is 1.07 bits per heavy atom. The van der Waals surface area contributed by atoms with E-state index in [1.807, 2.05) is 0 Å². The minimum absolute atomic E-state index is 0.00264.